The van der Waals surface area contributed by atoms with Crippen LogP contribution in [0.4, 0.5) is 0 Å². The molecule has 3 aromatic carbocycles. The molecule has 0 N–H and O–H groups in total. The SMILES string of the molecule is CCCn1c(-c2ccc(OC)cc2)cc(-c2ccc(OC)cc2)c1-c1ccc(OC)cc1Cl. The van der Waals surface area contributed by atoms with Crippen molar-refractivity contribution in [2.75, 3.05) is 21.3 Å². The van der Waals surface area contributed by atoms with Crippen molar-refractivity contribution in [1.82, 2.24) is 4.57 Å². The van der Waals surface area contributed by atoms with E-state index in [1.54, 1.807) is 21.3 Å². The molecule has 0 saturated carbocycles. The zero-order chi connectivity index (χ0) is 23.4. The Labute approximate surface area is 200 Å². The van der Waals surface area contributed by atoms with E-state index in [0.717, 1.165) is 63.9 Å². The van der Waals surface area contributed by atoms with Gasteiger partial charge in [-0.15, -0.1) is 0 Å². The van der Waals surface area contributed by atoms with Gasteiger partial charge in [0.2, 0.25) is 0 Å². The third-order valence-corrected chi connectivity index (χ3v) is 6.07. The van der Waals surface area contributed by atoms with Crippen molar-refractivity contribution in [3.05, 3.63) is 77.8 Å². The van der Waals surface area contributed by atoms with E-state index < -0.39 is 0 Å². The van der Waals surface area contributed by atoms with Crippen LogP contribution >= 0.6 is 11.6 Å². The molecule has 0 aliphatic carbocycles. The molecule has 1 aromatic heterocycles. The zero-order valence-electron chi connectivity index (χ0n) is 19.4. The fourth-order valence-corrected chi connectivity index (χ4v) is 4.36. The van der Waals surface area contributed by atoms with E-state index in [9.17, 15) is 0 Å². The first-order valence-corrected chi connectivity index (χ1v) is 11.3. The molecule has 0 amide bonds. The van der Waals surface area contributed by atoms with E-state index in [1.165, 1.54) is 0 Å². The maximum Gasteiger partial charge on any atom is 0.120 e. The van der Waals surface area contributed by atoms with Gasteiger partial charge in [-0.05, 0) is 78.2 Å². The molecule has 4 nitrogen and oxygen atoms in total. The minimum Gasteiger partial charge on any atom is -0.497 e. The lowest BCUT2D eigenvalue weighted by molar-refractivity contribution is 0.414. The van der Waals surface area contributed by atoms with E-state index in [-0.39, 0.29) is 0 Å². The van der Waals surface area contributed by atoms with Crippen molar-refractivity contribution in [1.29, 1.82) is 0 Å². The van der Waals surface area contributed by atoms with Gasteiger partial charge in [0.1, 0.15) is 17.2 Å². The standard InChI is InChI=1S/C28H28ClNO3/c1-5-16-30-27(20-8-12-22(32-3)13-9-20)18-25(19-6-10-21(31-2)11-7-19)28(30)24-15-14-23(33-4)17-26(24)29/h6-15,17-18H,5,16H2,1-4H3. The van der Waals surface area contributed by atoms with E-state index in [2.05, 4.69) is 41.8 Å². The Morgan fingerprint density at radius 1 is 0.667 bits per heavy atom. The lowest BCUT2D eigenvalue weighted by atomic mass is 10.0. The first-order valence-electron chi connectivity index (χ1n) is 11.0. The van der Waals surface area contributed by atoms with E-state index in [0.29, 0.717) is 5.02 Å². The highest BCUT2D eigenvalue weighted by Crippen LogP contribution is 2.43. The predicted molar refractivity (Wildman–Crippen MR) is 136 cm³/mol. The normalized spacial score (nSPS) is 10.8. The highest BCUT2D eigenvalue weighted by atomic mass is 35.5. The monoisotopic (exact) mass is 461 g/mol. The molecule has 0 aliphatic heterocycles. The van der Waals surface area contributed by atoms with Crippen LogP contribution in [0.5, 0.6) is 17.2 Å². The molecular weight excluding hydrogens is 434 g/mol. The minimum absolute atomic E-state index is 0.654. The van der Waals surface area contributed by atoms with Gasteiger partial charge in [0.15, 0.2) is 0 Å². The van der Waals surface area contributed by atoms with Gasteiger partial charge >= 0.3 is 0 Å². The molecule has 0 unspecified atom stereocenters. The molecule has 4 aromatic rings. The number of benzene rings is 3. The number of ether oxygens (including phenoxy) is 3. The average molecular weight is 462 g/mol. The maximum atomic E-state index is 6.79. The van der Waals surface area contributed by atoms with Gasteiger partial charge in [-0.3, -0.25) is 0 Å². The third kappa shape index (κ3) is 4.57. The Hall–Kier alpha value is -3.37. The van der Waals surface area contributed by atoms with Crippen molar-refractivity contribution in [2.45, 2.75) is 19.9 Å². The lowest BCUT2D eigenvalue weighted by Crippen LogP contribution is -2.02. The summed E-state index contributed by atoms with van der Waals surface area (Å²) in [5, 5.41) is 0.654. The van der Waals surface area contributed by atoms with Gasteiger partial charge in [0, 0.05) is 23.4 Å². The number of nitrogens with zero attached hydrogens (tertiary/aromatic N) is 1. The summed E-state index contributed by atoms with van der Waals surface area (Å²) in [5.41, 5.74) is 6.52. The molecule has 33 heavy (non-hydrogen) atoms. The van der Waals surface area contributed by atoms with Gasteiger partial charge < -0.3 is 18.8 Å². The summed E-state index contributed by atoms with van der Waals surface area (Å²) in [5.74, 6) is 2.39. The van der Waals surface area contributed by atoms with Crippen molar-refractivity contribution in [2.24, 2.45) is 0 Å². The molecule has 0 saturated heterocycles. The zero-order valence-corrected chi connectivity index (χ0v) is 20.1. The number of hydrogen-bond donors (Lipinski definition) is 0. The average Bonchev–Trinajstić information content (AvgIpc) is 3.23. The molecule has 0 atom stereocenters. The summed E-state index contributed by atoms with van der Waals surface area (Å²) in [6.07, 6.45) is 0.987. The quantitative estimate of drug-likeness (QED) is 0.271. The molecular formula is C28H28ClNO3. The van der Waals surface area contributed by atoms with Crippen LogP contribution in [-0.2, 0) is 6.54 Å². The maximum absolute atomic E-state index is 6.79. The van der Waals surface area contributed by atoms with Crippen LogP contribution in [0.1, 0.15) is 13.3 Å². The summed E-state index contributed by atoms with van der Waals surface area (Å²) in [4.78, 5) is 0. The van der Waals surface area contributed by atoms with Crippen LogP contribution in [0.2, 0.25) is 5.02 Å². The van der Waals surface area contributed by atoms with Gasteiger partial charge in [0.25, 0.3) is 0 Å². The van der Waals surface area contributed by atoms with Crippen LogP contribution in [0.3, 0.4) is 0 Å². The second kappa shape index (κ2) is 10.1. The van der Waals surface area contributed by atoms with Crippen molar-refractivity contribution in [3.63, 3.8) is 0 Å². The smallest absolute Gasteiger partial charge is 0.120 e. The van der Waals surface area contributed by atoms with Crippen LogP contribution < -0.4 is 14.2 Å². The molecule has 1 heterocycles. The van der Waals surface area contributed by atoms with Crippen molar-refractivity contribution >= 4 is 11.6 Å². The van der Waals surface area contributed by atoms with Gasteiger partial charge in [-0.1, -0.05) is 30.7 Å². The summed E-state index contributed by atoms with van der Waals surface area (Å²) in [7, 11) is 5.01. The number of rotatable bonds is 8. The minimum atomic E-state index is 0.654. The Bertz CT molecular complexity index is 1230. The molecule has 170 valence electrons. The predicted octanol–water partition coefficient (Wildman–Crippen LogP) is 7.58. The van der Waals surface area contributed by atoms with Gasteiger partial charge in [-0.2, -0.15) is 0 Å². The second-order valence-electron chi connectivity index (χ2n) is 7.75. The van der Waals surface area contributed by atoms with Gasteiger partial charge in [0.05, 0.1) is 32.0 Å². The molecule has 5 heteroatoms. The van der Waals surface area contributed by atoms with E-state index >= 15 is 0 Å². The topological polar surface area (TPSA) is 32.6 Å². The van der Waals surface area contributed by atoms with Crippen LogP contribution in [0.25, 0.3) is 33.6 Å². The fraction of sp³-hybridized carbons (Fsp3) is 0.214. The number of hydrogen-bond acceptors (Lipinski definition) is 3. The highest BCUT2D eigenvalue weighted by Gasteiger charge is 2.21. The van der Waals surface area contributed by atoms with Gasteiger partial charge in [-0.25, -0.2) is 0 Å². The first-order chi connectivity index (χ1) is 16.1. The Balaban J connectivity index is 1.98. The highest BCUT2D eigenvalue weighted by molar-refractivity contribution is 6.33. The first kappa shape index (κ1) is 22.8. The second-order valence-corrected chi connectivity index (χ2v) is 8.15. The number of methoxy groups -OCH3 is 3. The number of halogens is 1. The summed E-state index contributed by atoms with van der Waals surface area (Å²) in [6.45, 7) is 3.04. The van der Waals surface area contributed by atoms with Crippen molar-refractivity contribution in [3.8, 4) is 50.9 Å². The summed E-state index contributed by atoms with van der Waals surface area (Å²) >= 11 is 6.79. The van der Waals surface area contributed by atoms with E-state index in [1.807, 2.05) is 42.5 Å². The number of aromatic nitrogens is 1. The lowest BCUT2D eigenvalue weighted by Gasteiger charge is -2.16. The van der Waals surface area contributed by atoms with Crippen LogP contribution in [0, 0.1) is 0 Å². The Kier molecular flexibility index (Phi) is 6.95. The van der Waals surface area contributed by atoms with Crippen LogP contribution in [0.15, 0.2) is 72.8 Å². The summed E-state index contributed by atoms with van der Waals surface area (Å²) in [6, 6.07) is 24.4. The largest absolute Gasteiger partial charge is 0.497 e. The van der Waals surface area contributed by atoms with E-state index in [4.69, 9.17) is 25.8 Å². The van der Waals surface area contributed by atoms with Crippen LogP contribution in [-0.4, -0.2) is 25.9 Å². The molecule has 0 radical (unpaired) electrons. The Morgan fingerprint density at radius 2 is 1.21 bits per heavy atom. The molecule has 0 aliphatic rings. The molecule has 4 rings (SSSR count). The molecule has 0 fully saturated rings. The Morgan fingerprint density at radius 3 is 1.73 bits per heavy atom. The van der Waals surface area contributed by atoms with Crippen molar-refractivity contribution < 1.29 is 14.2 Å². The summed E-state index contributed by atoms with van der Waals surface area (Å²) < 4.78 is 18.5. The fourth-order valence-electron chi connectivity index (χ4n) is 4.10. The molecule has 0 bridgehead atoms. The molecule has 0 spiro atoms. The third-order valence-electron chi connectivity index (χ3n) is 5.76.